The fourth-order valence-electron chi connectivity index (χ4n) is 3.44. The SMILES string of the molecule is CCNc1cccnc1N1CCN(C(=O)c2ccc(C(=O)NCCCOC)cn2)CC1. The molecule has 2 aromatic heterocycles. The number of aromatic nitrogens is 2. The number of carbonyl (C=O) groups is 2. The number of rotatable bonds is 9. The third kappa shape index (κ3) is 5.91. The summed E-state index contributed by atoms with van der Waals surface area (Å²) in [5.74, 6) is 0.582. The molecule has 31 heavy (non-hydrogen) atoms. The van der Waals surface area contributed by atoms with Crippen LogP contribution in [0.25, 0.3) is 0 Å². The zero-order chi connectivity index (χ0) is 22.1. The molecule has 0 unspecified atom stereocenters. The van der Waals surface area contributed by atoms with Gasteiger partial charge in [-0.15, -0.1) is 0 Å². The van der Waals surface area contributed by atoms with Gasteiger partial charge in [-0.25, -0.2) is 4.98 Å². The van der Waals surface area contributed by atoms with Gasteiger partial charge in [0, 0.05) is 65.4 Å². The van der Waals surface area contributed by atoms with Crippen LogP contribution in [0.15, 0.2) is 36.7 Å². The van der Waals surface area contributed by atoms with Crippen molar-refractivity contribution in [1.29, 1.82) is 0 Å². The first kappa shape index (κ1) is 22.5. The Balaban J connectivity index is 1.54. The molecule has 0 spiro atoms. The summed E-state index contributed by atoms with van der Waals surface area (Å²) in [6.45, 7) is 6.57. The molecular weight excluding hydrogens is 396 g/mol. The molecule has 3 heterocycles. The van der Waals surface area contributed by atoms with Crippen molar-refractivity contribution in [3.8, 4) is 0 Å². The van der Waals surface area contributed by atoms with Crippen molar-refractivity contribution in [2.24, 2.45) is 0 Å². The second-order valence-electron chi connectivity index (χ2n) is 7.22. The van der Waals surface area contributed by atoms with E-state index in [9.17, 15) is 9.59 Å². The zero-order valence-electron chi connectivity index (χ0n) is 18.1. The monoisotopic (exact) mass is 426 g/mol. The highest BCUT2D eigenvalue weighted by Gasteiger charge is 2.25. The largest absolute Gasteiger partial charge is 0.385 e. The zero-order valence-corrected chi connectivity index (χ0v) is 18.1. The number of amides is 2. The molecule has 1 fully saturated rings. The van der Waals surface area contributed by atoms with Gasteiger partial charge < -0.3 is 25.2 Å². The minimum atomic E-state index is -0.205. The minimum Gasteiger partial charge on any atom is -0.385 e. The number of hydrogen-bond acceptors (Lipinski definition) is 7. The Morgan fingerprint density at radius 2 is 1.94 bits per heavy atom. The Labute approximate surface area is 182 Å². The van der Waals surface area contributed by atoms with Gasteiger partial charge >= 0.3 is 0 Å². The number of ether oxygens (including phenoxy) is 1. The van der Waals surface area contributed by atoms with E-state index in [4.69, 9.17) is 4.74 Å². The molecule has 166 valence electrons. The van der Waals surface area contributed by atoms with Crippen molar-refractivity contribution < 1.29 is 14.3 Å². The first-order valence-corrected chi connectivity index (χ1v) is 10.6. The Morgan fingerprint density at radius 3 is 2.61 bits per heavy atom. The highest BCUT2D eigenvalue weighted by atomic mass is 16.5. The highest BCUT2D eigenvalue weighted by molar-refractivity contribution is 5.96. The van der Waals surface area contributed by atoms with E-state index in [2.05, 4.69) is 32.4 Å². The number of nitrogens with zero attached hydrogens (tertiary/aromatic N) is 4. The lowest BCUT2D eigenvalue weighted by molar-refractivity contribution is 0.0740. The number of methoxy groups -OCH3 is 1. The highest BCUT2D eigenvalue weighted by Crippen LogP contribution is 2.24. The number of anilines is 2. The predicted molar refractivity (Wildman–Crippen MR) is 120 cm³/mol. The van der Waals surface area contributed by atoms with E-state index >= 15 is 0 Å². The average Bonchev–Trinajstić information content (AvgIpc) is 2.82. The molecule has 2 amide bonds. The average molecular weight is 427 g/mol. The molecule has 0 aliphatic carbocycles. The quantitative estimate of drug-likeness (QED) is 0.588. The first-order valence-electron chi connectivity index (χ1n) is 10.6. The fraction of sp³-hybridized carbons (Fsp3) is 0.455. The third-order valence-electron chi connectivity index (χ3n) is 5.08. The number of piperazine rings is 1. The standard InChI is InChI=1S/C22H30N6O3/c1-3-23-18-6-4-9-24-20(18)27-11-13-28(14-12-27)22(30)19-8-7-17(16-26-19)21(29)25-10-5-15-31-2/h4,6-9,16,23H,3,5,10-15H2,1-2H3,(H,25,29). The summed E-state index contributed by atoms with van der Waals surface area (Å²) < 4.78 is 4.96. The van der Waals surface area contributed by atoms with Crippen molar-refractivity contribution in [1.82, 2.24) is 20.2 Å². The van der Waals surface area contributed by atoms with E-state index < -0.39 is 0 Å². The summed E-state index contributed by atoms with van der Waals surface area (Å²) >= 11 is 0. The molecule has 1 saturated heterocycles. The van der Waals surface area contributed by atoms with Gasteiger partial charge in [0.05, 0.1) is 11.3 Å². The fourth-order valence-corrected chi connectivity index (χ4v) is 3.44. The first-order chi connectivity index (χ1) is 15.1. The molecule has 2 N–H and O–H groups in total. The van der Waals surface area contributed by atoms with Crippen molar-refractivity contribution in [2.75, 3.05) is 63.2 Å². The van der Waals surface area contributed by atoms with Gasteiger partial charge in [-0.1, -0.05) is 0 Å². The number of pyridine rings is 2. The van der Waals surface area contributed by atoms with Crippen LogP contribution in [-0.2, 0) is 4.74 Å². The normalized spacial score (nSPS) is 13.7. The van der Waals surface area contributed by atoms with E-state index in [1.54, 1.807) is 30.3 Å². The van der Waals surface area contributed by atoms with E-state index in [0.29, 0.717) is 50.6 Å². The Bertz CT molecular complexity index is 866. The summed E-state index contributed by atoms with van der Waals surface area (Å²) in [5, 5.41) is 6.14. The summed E-state index contributed by atoms with van der Waals surface area (Å²) in [4.78, 5) is 37.7. The molecule has 3 rings (SSSR count). The Morgan fingerprint density at radius 1 is 1.13 bits per heavy atom. The summed E-state index contributed by atoms with van der Waals surface area (Å²) in [5.41, 5.74) is 1.78. The predicted octanol–water partition coefficient (Wildman–Crippen LogP) is 1.64. The van der Waals surface area contributed by atoms with Crippen molar-refractivity contribution in [2.45, 2.75) is 13.3 Å². The van der Waals surface area contributed by atoms with Crippen LogP contribution >= 0.6 is 0 Å². The third-order valence-corrected chi connectivity index (χ3v) is 5.08. The molecule has 0 aromatic carbocycles. The van der Waals surface area contributed by atoms with Crippen LogP contribution < -0.4 is 15.5 Å². The van der Waals surface area contributed by atoms with Gasteiger partial charge in [-0.05, 0) is 37.6 Å². The molecular formula is C22H30N6O3. The second-order valence-corrected chi connectivity index (χ2v) is 7.22. The van der Waals surface area contributed by atoms with Crippen molar-refractivity contribution in [3.63, 3.8) is 0 Å². The van der Waals surface area contributed by atoms with Crippen LogP contribution in [0, 0.1) is 0 Å². The van der Waals surface area contributed by atoms with Gasteiger partial charge in [0.25, 0.3) is 11.8 Å². The van der Waals surface area contributed by atoms with E-state index in [-0.39, 0.29) is 11.8 Å². The molecule has 1 aliphatic rings. The summed E-state index contributed by atoms with van der Waals surface area (Å²) in [6, 6.07) is 7.18. The molecule has 0 atom stereocenters. The van der Waals surface area contributed by atoms with Crippen LogP contribution in [0.2, 0.25) is 0 Å². The van der Waals surface area contributed by atoms with Crippen LogP contribution in [0.4, 0.5) is 11.5 Å². The maximum absolute atomic E-state index is 12.8. The minimum absolute atomic E-state index is 0.125. The lowest BCUT2D eigenvalue weighted by atomic mass is 10.2. The van der Waals surface area contributed by atoms with Crippen molar-refractivity contribution in [3.05, 3.63) is 47.9 Å². The molecule has 9 nitrogen and oxygen atoms in total. The van der Waals surface area contributed by atoms with Crippen molar-refractivity contribution >= 4 is 23.3 Å². The smallest absolute Gasteiger partial charge is 0.272 e. The summed E-state index contributed by atoms with van der Waals surface area (Å²) in [6.07, 6.45) is 3.98. The molecule has 2 aromatic rings. The second kappa shape index (κ2) is 11.3. The lowest BCUT2D eigenvalue weighted by Gasteiger charge is -2.36. The van der Waals surface area contributed by atoms with E-state index in [1.807, 2.05) is 12.1 Å². The van der Waals surface area contributed by atoms with Crippen LogP contribution in [0.3, 0.4) is 0 Å². The van der Waals surface area contributed by atoms with Crippen LogP contribution in [-0.4, -0.2) is 79.7 Å². The molecule has 9 heteroatoms. The molecule has 0 saturated carbocycles. The maximum atomic E-state index is 12.8. The van der Waals surface area contributed by atoms with E-state index in [1.165, 1.54) is 6.20 Å². The molecule has 0 bridgehead atoms. The Kier molecular flexibility index (Phi) is 8.17. The Hall–Kier alpha value is -3.20. The van der Waals surface area contributed by atoms with E-state index in [0.717, 1.165) is 24.5 Å². The van der Waals surface area contributed by atoms with Crippen LogP contribution in [0.1, 0.15) is 34.2 Å². The maximum Gasteiger partial charge on any atom is 0.272 e. The molecule has 1 aliphatic heterocycles. The number of nitrogens with one attached hydrogen (secondary N) is 2. The lowest BCUT2D eigenvalue weighted by Crippen LogP contribution is -2.49. The topological polar surface area (TPSA) is 99.7 Å². The van der Waals surface area contributed by atoms with Gasteiger partial charge in [-0.2, -0.15) is 0 Å². The molecule has 0 radical (unpaired) electrons. The summed E-state index contributed by atoms with van der Waals surface area (Å²) in [7, 11) is 1.63. The van der Waals surface area contributed by atoms with Gasteiger partial charge in [-0.3, -0.25) is 14.6 Å². The van der Waals surface area contributed by atoms with Gasteiger partial charge in [0.15, 0.2) is 5.82 Å². The number of hydrogen-bond donors (Lipinski definition) is 2. The number of carbonyl (C=O) groups excluding carboxylic acids is 2. The van der Waals surface area contributed by atoms with Gasteiger partial charge in [0.2, 0.25) is 0 Å². The van der Waals surface area contributed by atoms with Gasteiger partial charge in [0.1, 0.15) is 5.69 Å². The van der Waals surface area contributed by atoms with Crippen LogP contribution in [0.5, 0.6) is 0 Å².